The number of rotatable bonds is 7. The van der Waals surface area contributed by atoms with Crippen molar-refractivity contribution in [2.45, 2.75) is 43.6 Å². The fraction of sp³-hybridized carbons (Fsp3) is 0.286. The first-order valence-corrected chi connectivity index (χ1v) is 10.0. The highest BCUT2D eigenvalue weighted by Gasteiger charge is 2.20. The van der Waals surface area contributed by atoms with E-state index in [0.717, 1.165) is 17.7 Å². The number of benzene rings is 2. The van der Waals surface area contributed by atoms with E-state index in [4.69, 9.17) is 4.42 Å². The molecule has 0 aliphatic heterocycles. The molecule has 0 bridgehead atoms. The Balaban J connectivity index is 1.66. The van der Waals surface area contributed by atoms with E-state index in [2.05, 4.69) is 29.4 Å². The van der Waals surface area contributed by atoms with Crippen LogP contribution in [-0.4, -0.2) is 21.4 Å². The van der Waals surface area contributed by atoms with E-state index in [1.54, 1.807) is 19.1 Å². The van der Waals surface area contributed by atoms with Gasteiger partial charge < -0.3 is 9.73 Å². The maximum Gasteiger partial charge on any atom is 0.277 e. The van der Waals surface area contributed by atoms with Crippen LogP contribution in [0.3, 0.4) is 0 Å². The first kappa shape index (κ1) is 20.1. The van der Waals surface area contributed by atoms with E-state index >= 15 is 0 Å². The number of aromatic nitrogens is 2. The van der Waals surface area contributed by atoms with Gasteiger partial charge in [-0.1, -0.05) is 43.8 Å². The van der Waals surface area contributed by atoms with E-state index in [-0.39, 0.29) is 22.8 Å². The summed E-state index contributed by atoms with van der Waals surface area (Å²) in [6.45, 7) is 6.04. The highest BCUT2D eigenvalue weighted by Crippen LogP contribution is 2.29. The molecular formula is C21H22FN3O2S. The molecule has 0 fully saturated rings. The average Bonchev–Trinajstić information content (AvgIpc) is 3.16. The predicted octanol–water partition coefficient (Wildman–Crippen LogP) is 5.51. The molecule has 0 saturated carbocycles. The van der Waals surface area contributed by atoms with Crippen molar-refractivity contribution in [3.63, 3.8) is 0 Å². The Morgan fingerprint density at radius 3 is 2.57 bits per heavy atom. The Bertz CT molecular complexity index is 943. The van der Waals surface area contributed by atoms with Crippen LogP contribution in [0.2, 0.25) is 0 Å². The van der Waals surface area contributed by atoms with Gasteiger partial charge in [0.1, 0.15) is 5.82 Å². The summed E-state index contributed by atoms with van der Waals surface area (Å²) in [4.78, 5) is 12.6. The van der Waals surface area contributed by atoms with E-state index in [1.165, 1.54) is 23.9 Å². The van der Waals surface area contributed by atoms with Crippen molar-refractivity contribution in [3.8, 4) is 11.5 Å². The Labute approximate surface area is 167 Å². The molecule has 28 heavy (non-hydrogen) atoms. The largest absolute Gasteiger partial charge is 0.411 e. The second kappa shape index (κ2) is 9.01. The number of hydrogen-bond acceptors (Lipinski definition) is 5. The summed E-state index contributed by atoms with van der Waals surface area (Å²) < 4.78 is 18.6. The van der Waals surface area contributed by atoms with Gasteiger partial charge in [0.05, 0.1) is 5.25 Å². The Morgan fingerprint density at radius 2 is 1.86 bits per heavy atom. The number of para-hydroxylation sites is 1. The van der Waals surface area contributed by atoms with Crippen molar-refractivity contribution in [2.24, 2.45) is 0 Å². The molecule has 5 nitrogen and oxygen atoms in total. The molecule has 0 aliphatic rings. The van der Waals surface area contributed by atoms with Crippen LogP contribution in [-0.2, 0) is 4.79 Å². The molecule has 2 unspecified atom stereocenters. The lowest BCUT2D eigenvalue weighted by Gasteiger charge is -2.17. The third-order valence-electron chi connectivity index (χ3n) is 4.51. The van der Waals surface area contributed by atoms with Crippen molar-refractivity contribution in [1.82, 2.24) is 10.2 Å². The van der Waals surface area contributed by atoms with Gasteiger partial charge in [0, 0.05) is 11.3 Å². The summed E-state index contributed by atoms with van der Waals surface area (Å²) >= 11 is 1.18. The first-order valence-electron chi connectivity index (χ1n) is 9.13. The minimum absolute atomic E-state index is 0.137. The molecule has 1 N–H and O–H groups in total. The highest BCUT2D eigenvalue weighted by atomic mass is 32.2. The van der Waals surface area contributed by atoms with Gasteiger partial charge in [-0.2, -0.15) is 0 Å². The van der Waals surface area contributed by atoms with Crippen LogP contribution < -0.4 is 5.32 Å². The average molecular weight is 399 g/mol. The lowest BCUT2D eigenvalue weighted by atomic mass is 9.97. The number of carbonyl (C=O) groups is 1. The molecule has 3 rings (SSSR count). The summed E-state index contributed by atoms with van der Waals surface area (Å²) in [5.41, 5.74) is 2.57. The second-order valence-corrected chi connectivity index (χ2v) is 7.82. The van der Waals surface area contributed by atoms with Crippen LogP contribution in [0.15, 0.2) is 58.2 Å². The smallest absolute Gasteiger partial charge is 0.277 e. The summed E-state index contributed by atoms with van der Waals surface area (Å²) in [7, 11) is 0. The van der Waals surface area contributed by atoms with Crippen LogP contribution >= 0.6 is 11.8 Å². The van der Waals surface area contributed by atoms with Gasteiger partial charge in [0.2, 0.25) is 11.8 Å². The number of anilines is 1. The molecule has 0 saturated heterocycles. The maximum atomic E-state index is 13.0. The third-order valence-corrected chi connectivity index (χ3v) is 5.44. The summed E-state index contributed by atoms with van der Waals surface area (Å²) in [6.07, 6.45) is 0.991. The quantitative estimate of drug-likeness (QED) is 0.531. The molecule has 1 heterocycles. The number of amides is 1. The summed E-state index contributed by atoms with van der Waals surface area (Å²) in [6, 6.07) is 13.6. The molecule has 1 amide bonds. The Kier molecular flexibility index (Phi) is 6.46. The van der Waals surface area contributed by atoms with E-state index < -0.39 is 5.25 Å². The van der Waals surface area contributed by atoms with Crippen LogP contribution in [0.4, 0.5) is 10.1 Å². The minimum Gasteiger partial charge on any atom is -0.411 e. The molecule has 0 aliphatic carbocycles. The van der Waals surface area contributed by atoms with Gasteiger partial charge in [-0.15, -0.1) is 10.2 Å². The molecule has 2 atom stereocenters. The zero-order valence-corrected chi connectivity index (χ0v) is 16.8. The number of hydrogen-bond donors (Lipinski definition) is 1. The summed E-state index contributed by atoms with van der Waals surface area (Å²) in [5.74, 6) is 0.175. The molecule has 1 aromatic heterocycles. The predicted molar refractivity (Wildman–Crippen MR) is 109 cm³/mol. The first-order chi connectivity index (χ1) is 13.5. The number of halogens is 1. The Morgan fingerprint density at radius 1 is 1.14 bits per heavy atom. The van der Waals surface area contributed by atoms with Crippen LogP contribution in [0, 0.1) is 5.82 Å². The fourth-order valence-electron chi connectivity index (χ4n) is 2.67. The molecule has 2 aromatic carbocycles. The zero-order chi connectivity index (χ0) is 20.1. The molecule has 0 spiro atoms. The van der Waals surface area contributed by atoms with Crippen molar-refractivity contribution in [1.29, 1.82) is 0 Å². The number of nitrogens with one attached hydrogen (secondary N) is 1. The lowest BCUT2D eigenvalue weighted by Crippen LogP contribution is -2.23. The Hall–Kier alpha value is -2.67. The van der Waals surface area contributed by atoms with Crippen molar-refractivity contribution in [2.75, 3.05) is 5.32 Å². The normalized spacial score (nSPS) is 13.1. The molecular weight excluding hydrogens is 377 g/mol. The van der Waals surface area contributed by atoms with E-state index in [0.29, 0.717) is 11.5 Å². The second-order valence-electron chi connectivity index (χ2n) is 6.53. The third kappa shape index (κ3) is 4.78. The fourth-order valence-corrected chi connectivity index (χ4v) is 3.35. The highest BCUT2D eigenvalue weighted by molar-refractivity contribution is 8.00. The van der Waals surface area contributed by atoms with Crippen LogP contribution in [0.25, 0.3) is 11.5 Å². The van der Waals surface area contributed by atoms with Gasteiger partial charge in [0.25, 0.3) is 5.22 Å². The van der Waals surface area contributed by atoms with Gasteiger partial charge in [0.15, 0.2) is 0 Å². The summed E-state index contributed by atoms with van der Waals surface area (Å²) in [5, 5.41) is 10.8. The van der Waals surface area contributed by atoms with Crippen molar-refractivity contribution < 1.29 is 13.6 Å². The van der Waals surface area contributed by atoms with Crippen LogP contribution in [0.5, 0.6) is 0 Å². The standard InChI is InChI=1S/C21H22FN3O2S/c1-4-13(2)17-7-5-6-8-18(17)23-19(26)14(3)28-21-25-24-20(27-21)15-9-11-16(22)12-10-15/h5-14H,4H2,1-3H3,(H,23,26). The van der Waals surface area contributed by atoms with Gasteiger partial charge in [-0.3, -0.25) is 4.79 Å². The van der Waals surface area contributed by atoms with Gasteiger partial charge in [-0.05, 0) is 55.2 Å². The molecule has 0 radical (unpaired) electrons. The van der Waals surface area contributed by atoms with Gasteiger partial charge in [-0.25, -0.2) is 4.39 Å². The van der Waals surface area contributed by atoms with Crippen molar-refractivity contribution in [3.05, 3.63) is 59.9 Å². The van der Waals surface area contributed by atoms with Crippen molar-refractivity contribution >= 4 is 23.4 Å². The number of thioether (sulfide) groups is 1. The molecule has 146 valence electrons. The molecule has 7 heteroatoms. The number of nitrogens with zero attached hydrogens (tertiary/aromatic N) is 2. The monoisotopic (exact) mass is 399 g/mol. The van der Waals surface area contributed by atoms with Crippen LogP contribution in [0.1, 0.15) is 38.7 Å². The van der Waals surface area contributed by atoms with E-state index in [1.807, 2.05) is 24.3 Å². The minimum atomic E-state index is -0.425. The van der Waals surface area contributed by atoms with Gasteiger partial charge >= 0.3 is 0 Å². The maximum absolute atomic E-state index is 13.0. The zero-order valence-electron chi connectivity index (χ0n) is 16.0. The lowest BCUT2D eigenvalue weighted by molar-refractivity contribution is -0.115. The topological polar surface area (TPSA) is 68.0 Å². The van der Waals surface area contributed by atoms with E-state index in [9.17, 15) is 9.18 Å². The molecule has 3 aromatic rings. The number of carbonyl (C=O) groups excluding carboxylic acids is 1. The SMILES string of the molecule is CCC(C)c1ccccc1NC(=O)C(C)Sc1nnc(-c2ccc(F)cc2)o1.